The van der Waals surface area contributed by atoms with Crippen molar-refractivity contribution in [2.45, 2.75) is 47.5 Å². The maximum atomic E-state index is 12.8. The van der Waals surface area contributed by atoms with E-state index in [9.17, 15) is 9.59 Å². The van der Waals surface area contributed by atoms with Crippen LogP contribution in [0.15, 0.2) is 24.3 Å². The average Bonchev–Trinajstić information content (AvgIpc) is 2.56. The van der Waals surface area contributed by atoms with E-state index < -0.39 is 5.41 Å². The van der Waals surface area contributed by atoms with E-state index in [1.165, 1.54) is 0 Å². The van der Waals surface area contributed by atoms with Crippen LogP contribution in [0.5, 0.6) is 5.75 Å². The topological polar surface area (TPSA) is 58.6 Å². The SMILES string of the molecule is CCCN(CCC)C(=O)C(C)(C)C(=O)Nc1ccc(OCC)cc1. The molecule has 0 radical (unpaired) electrons. The second-order valence-corrected chi connectivity index (χ2v) is 6.33. The van der Waals surface area contributed by atoms with Gasteiger partial charge >= 0.3 is 0 Å². The van der Waals surface area contributed by atoms with Crippen LogP contribution >= 0.6 is 0 Å². The highest BCUT2D eigenvalue weighted by Gasteiger charge is 2.38. The van der Waals surface area contributed by atoms with Crippen LogP contribution in [-0.2, 0) is 9.59 Å². The van der Waals surface area contributed by atoms with Gasteiger partial charge in [0.2, 0.25) is 11.8 Å². The van der Waals surface area contributed by atoms with Gasteiger partial charge in [-0.05, 0) is 57.9 Å². The van der Waals surface area contributed by atoms with E-state index in [1.54, 1.807) is 43.0 Å². The quantitative estimate of drug-likeness (QED) is 0.701. The molecule has 0 aromatic heterocycles. The number of rotatable bonds is 9. The molecule has 0 atom stereocenters. The predicted molar refractivity (Wildman–Crippen MR) is 97.2 cm³/mol. The van der Waals surface area contributed by atoms with Crippen LogP contribution in [0.2, 0.25) is 0 Å². The molecule has 0 aliphatic heterocycles. The maximum Gasteiger partial charge on any atom is 0.239 e. The molecule has 0 aliphatic rings. The normalized spacial score (nSPS) is 11.0. The Balaban J connectivity index is 2.80. The van der Waals surface area contributed by atoms with Gasteiger partial charge in [-0.1, -0.05) is 13.8 Å². The summed E-state index contributed by atoms with van der Waals surface area (Å²) in [4.78, 5) is 27.1. The molecular weight excluding hydrogens is 304 g/mol. The maximum absolute atomic E-state index is 12.8. The lowest BCUT2D eigenvalue weighted by atomic mass is 9.90. The lowest BCUT2D eigenvalue weighted by Crippen LogP contribution is -2.47. The molecular formula is C19H30N2O3. The van der Waals surface area contributed by atoms with E-state index >= 15 is 0 Å². The first-order valence-corrected chi connectivity index (χ1v) is 8.70. The number of nitrogens with zero attached hydrogens (tertiary/aromatic N) is 1. The van der Waals surface area contributed by atoms with Crippen molar-refractivity contribution < 1.29 is 14.3 Å². The zero-order valence-electron chi connectivity index (χ0n) is 15.5. The average molecular weight is 334 g/mol. The van der Waals surface area contributed by atoms with Crippen molar-refractivity contribution in [3.8, 4) is 5.75 Å². The number of amides is 2. The molecule has 0 heterocycles. The molecule has 24 heavy (non-hydrogen) atoms. The molecule has 0 fully saturated rings. The molecule has 1 N–H and O–H groups in total. The number of carbonyl (C=O) groups is 2. The first kappa shape index (κ1) is 20.0. The summed E-state index contributed by atoms with van der Waals surface area (Å²) in [5.74, 6) is 0.325. The Bertz CT molecular complexity index is 532. The summed E-state index contributed by atoms with van der Waals surface area (Å²) >= 11 is 0. The fraction of sp³-hybridized carbons (Fsp3) is 0.579. The highest BCUT2D eigenvalue weighted by molar-refractivity contribution is 6.09. The highest BCUT2D eigenvalue weighted by atomic mass is 16.5. The van der Waals surface area contributed by atoms with Gasteiger partial charge in [0.1, 0.15) is 11.2 Å². The molecule has 2 amide bonds. The number of ether oxygens (including phenoxy) is 1. The fourth-order valence-electron chi connectivity index (χ4n) is 2.44. The second kappa shape index (κ2) is 9.30. The van der Waals surface area contributed by atoms with Gasteiger partial charge in [0.25, 0.3) is 0 Å². The van der Waals surface area contributed by atoms with E-state index in [-0.39, 0.29) is 11.8 Å². The number of hydrogen-bond donors (Lipinski definition) is 1. The first-order valence-electron chi connectivity index (χ1n) is 8.70. The van der Waals surface area contributed by atoms with Crippen molar-refractivity contribution in [1.29, 1.82) is 0 Å². The molecule has 5 heteroatoms. The predicted octanol–water partition coefficient (Wildman–Crippen LogP) is 3.70. The molecule has 0 aliphatic carbocycles. The van der Waals surface area contributed by atoms with Crippen LogP contribution in [-0.4, -0.2) is 36.4 Å². The van der Waals surface area contributed by atoms with Crippen LogP contribution in [0, 0.1) is 5.41 Å². The van der Waals surface area contributed by atoms with Gasteiger partial charge in [-0.15, -0.1) is 0 Å². The molecule has 0 saturated carbocycles. The van der Waals surface area contributed by atoms with E-state index in [2.05, 4.69) is 5.32 Å². The third kappa shape index (κ3) is 5.25. The van der Waals surface area contributed by atoms with Crippen molar-refractivity contribution in [1.82, 2.24) is 4.90 Å². The summed E-state index contributed by atoms with van der Waals surface area (Å²) in [5, 5.41) is 2.83. The highest BCUT2D eigenvalue weighted by Crippen LogP contribution is 2.23. The van der Waals surface area contributed by atoms with E-state index in [0.29, 0.717) is 25.4 Å². The van der Waals surface area contributed by atoms with E-state index in [1.807, 2.05) is 20.8 Å². The number of hydrogen-bond acceptors (Lipinski definition) is 3. The number of nitrogens with one attached hydrogen (secondary N) is 1. The minimum Gasteiger partial charge on any atom is -0.494 e. The van der Waals surface area contributed by atoms with Crippen LogP contribution in [0.1, 0.15) is 47.5 Å². The molecule has 1 aromatic rings. The third-order valence-corrected chi connectivity index (χ3v) is 3.80. The Hall–Kier alpha value is -2.04. The van der Waals surface area contributed by atoms with Gasteiger partial charge in [0.05, 0.1) is 6.61 Å². The van der Waals surface area contributed by atoms with Crippen molar-refractivity contribution >= 4 is 17.5 Å². The van der Waals surface area contributed by atoms with E-state index in [4.69, 9.17) is 4.74 Å². The van der Waals surface area contributed by atoms with Gasteiger partial charge in [-0.2, -0.15) is 0 Å². The Morgan fingerprint density at radius 3 is 2.04 bits per heavy atom. The van der Waals surface area contributed by atoms with Crippen LogP contribution in [0.25, 0.3) is 0 Å². The van der Waals surface area contributed by atoms with Crippen LogP contribution < -0.4 is 10.1 Å². The zero-order chi connectivity index (χ0) is 18.2. The summed E-state index contributed by atoms with van der Waals surface area (Å²) < 4.78 is 5.38. The molecule has 0 saturated heterocycles. The van der Waals surface area contributed by atoms with Crippen LogP contribution in [0.4, 0.5) is 5.69 Å². The molecule has 0 unspecified atom stereocenters. The molecule has 1 aromatic carbocycles. The second-order valence-electron chi connectivity index (χ2n) is 6.33. The Morgan fingerprint density at radius 1 is 1.04 bits per heavy atom. The summed E-state index contributed by atoms with van der Waals surface area (Å²) in [6.07, 6.45) is 1.75. The first-order chi connectivity index (χ1) is 11.4. The summed E-state index contributed by atoms with van der Waals surface area (Å²) in [6.45, 7) is 11.3. The van der Waals surface area contributed by atoms with Crippen molar-refractivity contribution in [2.75, 3.05) is 25.0 Å². The zero-order valence-corrected chi connectivity index (χ0v) is 15.5. The Labute approximate surface area is 145 Å². The summed E-state index contributed by atoms with van der Waals surface area (Å²) in [7, 11) is 0. The lowest BCUT2D eigenvalue weighted by molar-refractivity contribution is -0.146. The molecule has 0 spiro atoms. The Morgan fingerprint density at radius 2 is 1.58 bits per heavy atom. The monoisotopic (exact) mass is 334 g/mol. The fourth-order valence-corrected chi connectivity index (χ4v) is 2.44. The molecule has 1 rings (SSSR count). The Kier molecular flexibility index (Phi) is 7.75. The van der Waals surface area contributed by atoms with Gasteiger partial charge in [0.15, 0.2) is 0 Å². The summed E-state index contributed by atoms with van der Waals surface area (Å²) in [5.41, 5.74) is -0.454. The number of carbonyl (C=O) groups excluding carboxylic acids is 2. The van der Waals surface area contributed by atoms with Gasteiger partial charge in [-0.25, -0.2) is 0 Å². The standard InChI is InChI=1S/C19H30N2O3/c1-6-13-21(14-7-2)18(23)19(4,5)17(22)20-15-9-11-16(12-10-15)24-8-3/h9-12H,6-8,13-14H2,1-5H3,(H,20,22). The van der Waals surface area contributed by atoms with Crippen molar-refractivity contribution in [3.05, 3.63) is 24.3 Å². The van der Waals surface area contributed by atoms with Gasteiger partial charge in [-0.3, -0.25) is 9.59 Å². The van der Waals surface area contributed by atoms with Gasteiger partial charge in [0, 0.05) is 18.8 Å². The minimum atomic E-state index is -1.11. The minimum absolute atomic E-state index is 0.130. The number of benzene rings is 1. The smallest absolute Gasteiger partial charge is 0.239 e. The molecule has 0 bridgehead atoms. The lowest BCUT2D eigenvalue weighted by Gasteiger charge is -2.30. The molecule has 134 valence electrons. The van der Waals surface area contributed by atoms with Crippen molar-refractivity contribution in [3.63, 3.8) is 0 Å². The summed E-state index contributed by atoms with van der Waals surface area (Å²) in [6, 6.07) is 7.15. The van der Waals surface area contributed by atoms with E-state index in [0.717, 1.165) is 18.6 Å². The van der Waals surface area contributed by atoms with Crippen molar-refractivity contribution in [2.24, 2.45) is 5.41 Å². The number of anilines is 1. The van der Waals surface area contributed by atoms with Crippen LogP contribution in [0.3, 0.4) is 0 Å². The molecule has 5 nitrogen and oxygen atoms in total. The third-order valence-electron chi connectivity index (χ3n) is 3.80. The largest absolute Gasteiger partial charge is 0.494 e. The van der Waals surface area contributed by atoms with Gasteiger partial charge < -0.3 is 15.0 Å².